The van der Waals surface area contributed by atoms with Crippen LogP contribution in [0, 0.1) is 0 Å². The Balaban J connectivity index is 2.00. The molecule has 0 fully saturated rings. The van der Waals surface area contributed by atoms with Gasteiger partial charge < -0.3 is 4.74 Å². The number of ether oxygens (including phenoxy) is 1. The minimum Gasteiger partial charge on any atom is -0.462 e. The molecular formula is C15H18N2O3S. The van der Waals surface area contributed by atoms with E-state index >= 15 is 0 Å². The largest absolute Gasteiger partial charge is 0.462 e. The van der Waals surface area contributed by atoms with Crippen LogP contribution in [-0.2, 0) is 28.9 Å². The van der Waals surface area contributed by atoms with Gasteiger partial charge in [0.2, 0.25) is 0 Å². The highest BCUT2D eigenvalue weighted by Crippen LogP contribution is 2.33. The van der Waals surface area contributed by atoms with Crippen molar-refractivity contribution in [3.63, 3.8) is 0 Å². The number of hydrogen-bond acceptors (Lipinski definition) is 5. The number of hydrogen-bond donors (Lipinski definition) is 0. The molecule has 2 aromatic rings. The molecule has 0 unspecified atom stereocenters. The number of thiophene rings is 1. The van der Waals surface area contributed by atoms with E-state index in [0.29, 0.717) is 5.39 Å². The third kappa shape index (κ3) is 2.72. The van der Waals surface area contributed by atoms with Crippen molar-refractivity contribution in [1.82, 2.24) is 9.55 Å². The normalized spacial score (nSPS) is 14.4. The topological polar surface area (TPSA) is 61.2 Å². The summed E-state index contributed by atoms with van der Waals surface area (Å²) in [7, 11) is 0. The summed E-state index contributed by atoms with van der Waals surface area (Å²) in [5.74, 6) is -0.405. The predicted molar refractivity (Wildman–Crippen MR) is 81.8 cm³/mol. The third-order valence-electron chi connectivity index (χ3n) is 3.61. The molecule has 6 heteroatoms. The molecule has 0 aliphatic heterocycles. The van der Waals surface area contributed by atoms with Crippen molar-refractivity contribution in [3.05, 3.63) is 27.1 Å². The summed E-state index contributed by atoms with van der Waals surface area (Å²) < 4.78 is 6.45. The van der Waals surface area contributed by atoms with Crippen LogP contribution in [-0.4, -0.2) is 21.6 Å². The minimum atomic E-state index is -0.405. The highest BCUT2D eigenvalue weighted by atomic mass is 32.1. The van der Waals surface area contributed by atoms with Crippen LogP contribution in [0.15, 0.2) is 11.1 Å². The van der Waals surface area contributed by atoms with Crippen LogP contribution in [0.3, 0.4) is 0 Å². The standard InChI is InChI=1S/C15H18N2O3S/c1-9(2)20-12(18)7-17-8-16-14-13(15(17)19)10-5-3-4-6-11(10)21-14/h8-9H,3-7H2,1-2H3. The van der Waals surface area contributed by atoms with E-state index in [-0.39, 0.29) is 18.2 Å². The van der Waals surface area contributed by atoms with Crippen LogP contribution in [0.5, 0.6) is 0 Å². The zero-order valence-electron chi connectivity index (χ0n) is 12.2. The monoisotopic (exact) mass is 306 g/mol. The predicted octanol–water partition coefficient (Wildman–Crippen LogP) is 2.29. The molecule has 0 aromatic carbocycles. The lowest BCUT2D eigenvalue weighted by Gasteiger charge is -2.11. The Morgan fingerprint density at radius 3 is 2.95 bits per heavy atom. The summed E-state index contributed by atoms with van der Waals surface area (Å²) in [5, 5.41) is 0.703. The molecule has 1 aliphatic rings. The Morgan fingerprint density at radius 1 is 1.43 bits per heavy atom. The molecule has 0 amide bonds. The van der Waals surface area contributed by atoms with Crippen molar-refractivity contribution in [2.75, 3.05) is 0 Å². The molecule has 1 aliphatic carbocycles. The fraction of sp³-hybridized carbons (Fsp3) is 0.533. The number of fused-ring (bicyclic) bond motifs is 3. The number of rotatable bonds is 3. The molecule has 3 rings (SSSR count). The molecule has 0 atom stereocenters. The van der Waals surface area contributed by atoms with Gasteiger partial charge >= 0.3 is 5.97 Å². The highest BCUT2D eigenvalue weighted by molar-refractivity contribution is 7.18. The maximum atomic E-state index is 12.6. The summed E-state index contributed by atoms with van der Waals surface area (Å²) in [4.78, 5) is 30.8. The van der Waals surface area contributed by atoms with Gasteiger partial charge in [-0.3, -0.25) is 14.2 Å². The summed E-state index contributed by atoms with van der Waals surface area (Å²) in [6.45, 7) is 3.50. The molecule has 5 nitrogen and oxygen atoms in total. The maximum absolute atomic E-state index is 12.6. The first-order valence-electron chi connectivity index (χ1n) is 7.25. The van der Waals surface area contributed by atoms with Crippen LogP contribution in [0.1, 0.15) is 37.1 Å². The molecule has 0 spiro atoms. The van der Waals surface area contributed by atoms with Gasteiger partial charge in [-0.1, -0.05) is 0 Å². The third-order valence-corrected chi connectivity index (χ3v) is 4.81. The SMILES string of the molecule is CC(C)OC(=O)Cn1cnc2sc3c(c2c1=O)CCCC3. The molecule has 0 saturated heterocycles. The van der Waals surface area contributed by atoms with E-state index < -0.39 is 5.97 Å². The molecule has 112 valence electrons. The van der Waals surface area contributed by atoms with E-state index in [1.54, 1.807) is 25.2 Å². The van der Waals surface area contributed by atoms with Crippen molar-refractivity contribution >= 4 is 27.5 Å². The second-order valence-electron chi connectivity index (χ2n) is 5.61. The van der Waals surface area contributed by atoms with Gasteiger partial charge in [0.1, 0.15) is 11.4 Å². The molecule has 0 N–H and O–H groups in total. The van der Waals surface area contributed by atoms with E-state index in [9.17, 15) is 9.59 Å². The number of aryl methyl sites for hydroxylation is 2. The van der Waals surface area contributed by atoms with Gasteiger partial charge in [-0.15, -0.1) is 11.3 Å². The van der Waals surface area contributed by atoms with E-state index in [2.05, 4.69) is 4.98 Å². The van der Waals surface area contributed by atoms with Gasteiger partial charge in [-0.05, 0) is 45.1 Å². The van der Waals surface area contributed by atoms with Crippen LogP contribution in [0.25, 0.3) is 10.2 Å². The van der Waals surface area contributed by atoms with Gasteiger partial charge in [-0.2, -0.15) is 0 Å². The van der Waals surface area contributed by atoms with E-state index in [0.717, 1.165) is 29.7 Å². The first-order chi connectivity index (χ1) is 10.1. The Labute approximate surface area is 126 Å². The smallest absolute Gasteiger partial charge is 0.326 e. The van der Waals surface area contributed by atoms with Crippen molar-refractivity contribution < 1.29 is 9.53 Å². The van der Waals surface area contributed by atoms with Crippen molar-refractivity contribution in [2.45, 2.75) is 52.2 Å². The lowest BCUT2D eigenvalue weighted by atomic mass is 9.97. The fourth-order valence-corrected chi connectivity index (χ4v) is 3.95. The first kappa shape index (κ1) is 14.3. The van der Waals surface area contributed by atoms with Crippen LogP contribution < -0.4 is 5.56 Å². The Morgan fingerprint density at radius 2 is 2.19 bits per heavy atom. The van der Waals surface area contributed by atoms with E-state index in [1.165, 1.54) is 22.2 Å². The quantitative estimate of drug-likeness (QED) is 0.816. The zero-order valence-corrected chi connectivity index (χ0v) is 13.0. The van der Waals surface area contributed by atoms with Gasteiger partial charge in [0, 0.05) is 4.88 Å². The minimum absolute atomic E-state index is 0.0788. The molecule has 0 bridgehead atoms. The average Bonchev–Trinajstić information content (AvgIpc) is 2.80. The second-order valence-corrected chi connectivity index (χ2v) is 6.69. The summed E-state index contributed by atoms with van der Waals surface area (Å²) in [5.41, 5.74) is 1.02. The molecule has 21 heavy (non-hydrogen) atoms. The van der Waals surface area contributed by atoms with Crippen molar-refractivity contribution in [1.29, 1.82) is 0 Å². The van der Waals surface area contributed by atoms with Crippen molar-refractivity contribution in [3.8, 4) is 0 Å². The fourth-order valence-electron chi connectivity index (χ4n) is 2.73. The van der Waals surface area contributed by atoms with E-state index in [4.69, 9.17) is 4.74 Å². The zero-order chi connectivity index (χ0) is 15.0. The van der Waals surface area contributed by atoms with E-state index in [1.807, 2.05) is 0 Å². The van der Waals surface area contributed by atoms with Gasteiger partial charge in [0.15, 0.2) is 0 Å². The summed E-state index contributed by atoms with van der Waals surface area (Å²) >= 11 is 1.61. The van der Waals surface area contributed by atoms with Gasteiger partial charge in [-0.25, -0.2) is 4.98 Å². The summed E-state index contributed by atoms with van der Waals surface area (Å²) in [6, 6.07) is 0. The number of nitrogens with zero attached hydrogens (tertiary/aromatic N) is 2. The molecule has 2 aromatic heterocycles. The number of aromatic nitrogens is 2. The maximum Gasteiger partial charge on any atom is 0.326 e. The first-order valence-corrected chi connectivity index (χ1v) is 8.07. The van der Waals surface area contributed by atoms with Crippen molar-refractivity contribution in [2.24, 2.45) is 0 Å². The lowest BCUT2D eigenvalue weighted by molar-refractivity contribution is -0.148. The molecule has 0 radical (unpaired) electrons. The lowest BCUT2D eigenvalue weighted by Crippen LogP contribution is -2.27. The average molecular weight is 306 g/mol. The molecule has 2 heterocycles. The summed E-state index contributed by atoms with van der Waals surface area (Å²) in [6.07, 6.45) is 5.53. The number of carbonyl (C=O) groups excluding carboxylic acids is 1. The van der Waals surface area contributed by atoms with Gasteiger partial charge in [0.05, 0.1) is 17.8 Å². The van der Waals surface area contributed by atoms with Crippen LogP contribution in [0.4, 0.5) is 0 Å². The number of carbonyl (C=O) groups is 1. The van der Waals surface area contributed by atoms with Gasteiger partial charge in [0.25, 0.3) is 5.56 Å². The Bertz CT molecular complexity index is 745. The Kier molecular flexibility index (Phi) is 3.80. The molecule has 0 saturated carbocycles. The Hall–Kier alpha value is -1.69. The number of esters is 1. The molecular weight excluding hydrogens is 288 g/mol. The highest BCUT2D eigenvalue weighted by Gasteiger charge is 2.20. The second kappa shape index (κ2) is 5.60. The van der Waals surface area contributed by atoms with Crippen LogP contribution in [0.2, 0.25) is 0 Å². The van der Waals surface area contributed by atoms with Crippen LogP contribution >= 0.6 is 11.3 Å².